The highest BCUT2D eigenvalue weighted by molar-refractivity contribution is 5.97. The molecule has 0 saturated heterocycles. The molecule has 0 aliphatic heterocycles. The molecule has 0 saturated carbocycles. The van der Waals surface area contributed by atoms with Crippen LogP contribution < -0.4 is 16.0 Å². The summed E-state index contributed by atoms with van der Waals surface area (Å²) in [6.45, 7) is 2.10. The van der Waals surface area contributed by atoms with Crippen LogP contribution in [0.3, 0.4) is 0 Å². The molecule has 0 fully saturated rings. The Morgan fingerprint density at radius 1 is 0.750 bits per heavy atom. The highest BCUT2D eigenvalue weighted by Crippen LogP contribution is 2.19. The van der Waals surface area contributed by atoms with Gasteiger partial charge in [0.2, 0.25) is 5.91 Å². The zero-order valence-electron chi connectivity index (χ0n) is 17.8. The van der Waals surface area contributed by atoms with Gasteiger partial charge in [0.15, 0.2) is 0 Å². The normalized spacial score (nSPS) is 11.5. The van der Waals surface area contributed by atoms with Crippen LogP contribution in [0.1, 0.15) is 28.9 Å². The van der Waals surface area contributed by atoms with E-state index in [1.807, 2.05) is 73.7 Å². The number of anilines is 2. The second kappa shape index (κ2) is 9.79. The van der Waals surface area contributed by atoms with Crippen molar-refractivity contribution >= 4 is 34.0 Å². The van der Waals surface area contributed by atoms with E-state index in [1.165, 1.54) is 0 Å². The summed E-state index contributed by atoms with van der Waals surface area (Å²) in [5.74, 6) is -0.315. The minimum atomic E-state index is -0.159. The van der Waals surface area contributed by atoms with Gasteiger partial charge in [-0.25, -0.2) is 0 Å². The summed E-state index contributed by atoms with van der Waals surface area (Å²) in [5, 5.41) is 11.3. The Morgan fingerprint density at radius 3 is 2.16 bits per heavy atom. The number of fused-ring (bicyclic) bond motifs is 1. The first-order chi connectivity index (χ1) is 15.6. The molecule has 0 heterocycles. The summed E-state index contributed by atoms with van der Waals surface area (Å²) in [5.41, 5.74) is 3.12. The molecule has 32 heavy (non-hydrogen) atoms. The molecule has 4 rings (SSSR count). The molecule has 5 nitrogen and oxygen atoms in total. The van der Waals surface area contributed by atoms with Crippen LogP contribution in [0.25, 0.3) is 10.8 Å². The number of carbonyl (C=O) groups excluding carboxylic acids is 2. The van der Waals surface area contributed by atoms with Gasteiger partial charge in [0.25, 0.3) is 5.91 Å². The molecule has 0 aliphatic rings. The van der Waals surface area contributed by atoms with Gasteiger partial charge >= 0.3 is 0 Å². The van der Waals surface area contributed by atoms with Gasteiger partial charge in [0.05, 0.1) is 12.6 Å². The SMILES string of the molecule is CC(NC(=O)c1ccc(NC(=O)CNc2ccc3ccccc3c2)cc1)c1ccccc1. The van der Waals surface area contributed by atoms with Crippen molar-refractivity contribution in [2.24, 2.45) is 0 Å². The van der Waals surface area contributed by atoms with Crippen LogP contribution in [0.15, 0.2) is 97.1 Å². The van der Waals surface area contributed by atoms with Crippen molar-refractivity contribution in [3.05, 3.63) is 108 Å². The van der Waals surface area contributed by atoms with E-state index >= 15 is 0 Å². The van der Waals surface area contributed by atoms with E-state index in [2.05, 4.69) is 22.0 Å². The molecule has 4 aromatic rings. The summed E-state index contributed by atoms with van der Waals surface area (Å²) in [4.78, 5) is 24.8. The zero-order valence-corrected chi connectivity index (χ0v) is 17.8. The maximum atomic E-state index is 12.5. The van der Waals surface area contributed by atoms with Crippen molar-refractivity contribution < 1.29 is 9.59 Å². The first-order valence-electron chi connectivity index (χ1n) is 10.6. The average Bonchev–Trinajstić information content (AvgIpc) is 2.83. The minimum absolute atomic E-state index is 0.0933. The summed E-state index contributed by atoms with van der Waals surface area (Å²) < 4.78 is 0. The lowest BCUT2D eigenvalue weighted by Gasteiger charge is -2.14. The Balaban J connectivity index is 1.29. The van der Waals surface area contributed by atoms with Crippen LogP contribution >= 0.6 is 0 Å². The number of amides is 2. The van der Waals surface area contributed by atoms with Gasteiger partial charge in [-0.15, -0.1) is 0 Å². The number of hydrogen-bond donors (Lipinski definition) is 3. The van der Waals surface area contributed by atoms with E-state index in [0.29, 0.717) is 11.3 Å². The van der Waals surface area contributed by atoms with Crippen molar-refractivity contribution in [1.82, 2.24) is 5.32 Å². The molecule has 0 aliphatic carbocycles. The molecule has 0 radical (unpaired) electrons. The fourth-order valence-electron chi connectivity index (χ4n) is 3.50. The Kier molecular flexibility index (Phi) is 6.46. The van der Waals surface area contributed by atoms with Crippen molar-refractivity contribution in [2.45, 2.75) is 13.0 Å². The third kappa shape index (κ3) is 5.32. The number of hydrogen-bond acceptors (Lipinski definition) is 3. The van der Waals surface area contributed by atoms with E-state index in [-0.39, 0.29) is 24.4 Å². The summed E-state index contributed by atoms with van der Waals surface area (Å²) >= 11 is 0. The average molecular weight is 424 g/mol. The molecular formula is C27H25N3O2. The molecular weight excluding hydrogens is 398 g/mol. The minimum Gasteiger partial charge on any atom is -0.376 e. The molecule has 0 bridgehead atoms. The second-order valence-corrected chi connectivity index (χ2v) is 7.65. The van der Waals surface area contributed by atoms with Crippen LogP contribution in [0.4, 0.5) is 11.4 Å². The molecule has 0 spiro atoms. The third-order valence-electron chi connectivity index (χ3n) is 5.28. The monoisotopic (exact) mass is 423 g/mol. The van der Waals surface area contributed by atoms with Gasteiger partial charge in [-0.1, -0.05) is 60.7 Å². The van der Waals surface area contributed by atoms with Crippen molar-refractivity contribution in [3.8, 4) is 0 Å². The van der Waals surface area contributed by atoms with Gasteiger partial charge in [0, 0.05) is 16.9 Å². The molecule has 4 aromatic carbocycles. The molecule has 1 atom stereocenters. The highest BCUT2D eigenvalue weighted by Gasteiger charge is 2.11. The third-order valence-corrected chi connectivity index (χ3v) is 5.28. The second-order valence-electron chi connectivity index (χ2n) is 7.65. The van der Waals surface area contributed by atoms with E-state index < -0.39 is 0 Å². The van der Waals surface area contributed by atoms with E-state index in [9.17, 15) is 9.59 Å². The van der Waals surface area contributed by atoms with Gasteiger partial charge in [-0.05, 0) is 59.7 Å². The summed E-state index contributed by atoms with van der Waals surface area (Å²) in [7, 11) is 0. The van der Waals surface area contributed by atoms with Crippen LogP contribution in [-0.4, -0.2) is 18.4 Å². The van der Waals surface area contributed by atoms with Crippen molar-refractivity contribution in [1.29, 1.82) is 0 Å². The van der Waals surface area contributed by atoms with Gasteiger partial charge < -0.3 is 16.0 Å². The van der Waals surface area contributed by atoms with Crippen LogP contribution in [0.2, 0.25) is 0 Å². The van der Waals surface area contributed by atoms with E-state index in [0.717, 1.165) is 22.0 Å². The topological polar surface area (TPSA) is 70.2 Å². The molecule has 2 amide bonds. The predicted octanol–water partition coefficient (Wildman–Crippen LogP) is 5.38. The lowest BCUT2D eigenvalue weighted by atomic mass is 10.1. The summed E-state index contributed by atoms with van der Waals surface area (Å²) in [6.07, 6.45) is 0. The first kappa shape index (κ1) is 21.1. The molecule has 5 heteroatoms. The summed E-state index contributed by atoms with van der Waals surface area (Å²) in [6, 6.07) is 30.7. The van der Waals surface area contributed by atoms with Crippen molar-refractivity contribution in [3.63, 3.8) is 0 Å². The van der Waals surface area contributed by atoms with Gasteiger partial charge in [-0.2, -0.15) is 0 Å². The fraction of sp³-hybridized carbons (Fsp3) is 0.111. The number of benzene rings is 4. The first-order valence-corrected chi connectivity index (χ1v) is 10.6. The van der Waals surface area contributed by atoms with Crippen LogP contribution in [0.5, 0.6) is 0 Å². The Bertz CT molecular complexity index is 1220. The molecule has 3 N–H and O–H groups in total. The van der Waals surface area contributed by atoms with Crippen LogP contribution in [0, 0.1) is 0 Å². The Morgan fingerprint density at radius 2 is 1.41 bits per heavy atom. The number of nitrogens with one attached hydrogen (secondary N) is 3. The van der Waals surface area contributed by atoms with Gasteiger partial charge in [0.1, 0.15) is 0 Å². The molecule has 160 valence electrons. The predicted molar refractivity (Wildman–Crippen MR) is 130 cm³/mol. The van der Waals surface area contributed by atoms with E-state index in [1.54, 1.807) is 24.3 Å². The number of rotatable bonds is 7. The molecule has 1 unspecified atom stereocenters. The maximum absolute atomic E-state index is 12.5. The molecule has 0 aromatic heterocycles. The van der Waals surface area contributed by atoms with E-state index in [4.69, 9.17) is 0 Å². The smallest absolute Gasteiger partial charge is 0.251 e. The van der Waals surface area contributed by atoms with Crippen LogP contribution in [-0.2, 0) is 4.79 Å². The highest BCUT2D eigenvalue weighted by atomic mass is 16.2. The quantitative estimate of drug-likeness (QED) is 0.374. The Labute approximate surface area is 187 Å². The Hall–Kier alpha value is -4.12. The van der Waals surface area contributed by atoms with Gasteiger partial charge in [-0.3, -0.25) is 9.59 Å². The largest absolute Gasteiger partial charge is 0.376 e. The standard InChI is InChI=1S/C27H25N3O2/c1-19(20-7-3-2-4-8-20)29-27(32)22-12-14-24(15-13-22)30-26(31)18-28-25-16-11-21-9-5-6-10-23(21)17-25/h2-17,19,28H,18H2,1H3,(H,29,32)(H,30,31). The maximum Gasteiger partial charge on any atom is 0.251 e. The van der Waals surface area contributed by atoms with Crippen molar-refractivity contribution in [2.75, 3.05) is 17.2 Å². The zero-order chi connectivity index (χ0) is 22.3. The number of carbonyl (C=O) groups is 2. The lowest BCUT2D eigenvalue weighted by molar-refractivity contribution is -0.114. The fourth-order valence-corrected chi connectivity index (χ4v) is 3.50. The lowest BCUT2D eigenvalue weighted by Crippen LogP contribution is -2.26.